The highest BCUT2D eigenvalue weighted by atomic mass is 32.2. The van der Waals surface area contributed by atoms with Crippen molar-refractivity contribution in [3.05, 3.63) is 0 Å². The van der Waals surface area contributed by atoms with Crippen molar-refractivity contribution in [3.63, 3.8) is 0 Å². The third-order valence-electron chi connectivity index (χ3n) is 1.48. The van der Waals surface area contributed by atoms with E-state index < -0.39 is 0 Å². The largest absolute Gasteiger partial charge is 0.329 e. The maximum absolute atomic E-state index is 5.48. The zero-order valence-electron chi connectivity index (χ0n) is 7.84. The van der Waals surface area contributed by atoms with Crippen LogP contribution in [0.2, 0.25) is 0 Å². The molecular formula is C8H20N2S. The second kappa shape index (κ2) is 6.95. The van der Waals surface area contributed by atoms with Crippen LogP contribution in [-0.4, -0.2) is 43.1 Å². The van der Waals surface area contributed by atoms with Crippen LogP contribution in [0.4, 0.5) is 0 Å². The molecule has 2 nitrogen and oxygen atoms in total. The summed E-state index contributed by atoms with van der Waals surface area (Å²) in [5, 5.41) is 0.622. The molecule has 0 aromatic carbocycles. The van der Waals surface area contributed by atoms with Gasteiger partial charge in [0.1, 0.15) is 0 Å². The van der Waals surface area contributed by atoms with Crippen LogP contribution in [0.5, 0.6) is 0 Å². The predicted molar refractivity (Wildman–Crippen MR) is 54.1 cm³/mol. The Morgan fingerprint density at radius 1 is 1.45 bits per heavy atom. The van der Waals surface area contributed by atoms with Gasteiger partial charge in [-0.1, -0.05) is 6.92 Å². The minimum atomic E-state index is 0.622. The normalized spacial score (nSPS) is 13.9. The second-order valence-corrected chi connectivity index (χ2v) is 4.62. The van der Waals surface area contributed by atoms with Crippen LogP contribution in [0, 0.1) is 0 Å². The van der Waals surface area contributed by atoms with Crippen molar-refractivity contribution in [2.75, 3.05) is 32.9 Å². The van der Waals surface area contributed by atoms with Gasteiger partial charge in [-0.25, -0.2) is 0 Å². The van der Waals surface area contributed by atoms with Gasteiger partial charge in [0.05, 0.1) is 0 Å². The predicted octanol–water partition coefficient (Wildman–Crippen LogP) is 1.02. The van der Waals surface area contributed by atoms with E-state index in [4.69, 9.17) is 5.73 Å². The van der Waals surface area contributed by atoms with Crippen LogP contribution < -0.4 is 5.73 Å². The topological polar surface area (TPSA) is 29.3 Å². The van der Waals surface area contributed by atoms with E-state index >= 15 is 0 Å². The highest BCUT2D eigenvalue weighted by Crippen LogP contribution is 2.09. The number of hydrogen-bond acceptors (Lipinski definition) is 3. The van der Waals surface area contributed by atoms with E-state index in [0.29, 0.717) is 5.25 Å². The fourth-order valence-electron chi connectivity index (χ4n) is 0.733. The van der Waals surface area contributed by atoms with Crippen molar-refractivity contribution in [1.82, 2.24) is 4.90 Å². The molecule has 11 heavy (non-hydrogen) atoms. The van der Waals surface area contributed by atoms with Crippen molar-refractivity contribution in [2.24, 2.45) is 5.73 Å². The summed E-state index contributed by atoms with van der Waals surface area (Å²) in [5.74, 6) is 1.23. The first-order valence-corrected chi connectivity index (χ1v) is 5.18. The van der Waals surface area contributed by atoms with Gasteiger partial charge in [-0.15, -0.1) is 0 Å². The maximum atomic E-state index is 5.48. The Hall–Kier alpha value is 0.270. The lowest BCUT2D eigenvalue weighted by Gasteiger charge is -2.10. The molecule has 0 bridgehead atoms. The quantitative estimate of drug-likeness (QED) is 0.613. The molecule has 0 rings (SSSR count). The summed E-state index contributed by atoms with van der Waals surface area (Å²) in [6.45, 7) is 4.16. The summed E-state index contributed by atoms with van der Waals surface area (Å²) in [4.78, 5) is 2.22. The highest BCUT2D eigenvalue weighted by Gasteiger charge is 1.98. The monoisotopic (exact) mass is 176 g/mol. The molecule has 0 fully saturated rings. The Morgan fingerprint density at radius 2 is 2.09 bits per heavy atom. The molecule has 0 aliphatic heterocycles. The summed E-state index contributed by atoms with van der Waals surface area (Å²) in [5.41, 5.74) is 5.48. The van der Waals surface area contributed by atoms with Crippen LogP contribution >= 0.6 is 11.8 Å². The van der Waals surface area contributed by atoms with Crippen LogP contribution in [0.15, 0.2) is 0 Å². The standard InChI is InChI=1S/C8H20N2S/c1-8(7-9)11-6-4-5-10(2)3/h8H,4-7,9H2,1-3H3. The molecule has 0 saturated heterocycles. The highest BCUT2D eigenvalue weighted by molar-refractivity contribution is 7.99. The molecule has 68 valence electrons. The average Bonchev–Trinajstić information content (AvgIpc) is 1.97. The summed E-state index contributed by atoms with van der Waals surface area (Å²) in [6, 6.07) is 0. The Balaban J connectivity index is 3.01. The minimum Gasteiger partial charge on any atom is -0.329 e. The van der Waals surface area contributed by atoms with Gasteiger partial charge in [0.15, 0.2) is 0 Å². The number of thioether (sulfide) groups is 1. The molecule has 2 N–H and O–H groups in total. The second-order valence-electron chi connectivity index (χ2n) is 3.07. The number of rotatable bonds is 6. The summed E-state index contributed by atoms with van der Waals surface area (Å²) < 4.78 is 0. The molecule has 3 heteroatoms. The number of nitrogens with zero attached hydrogens (tertiary/aromatic N) is 1. The van der Waals surface area contributed by atoms with E-state index in [1.807, 2.05) is 11.8 Å². The minimum absolute atomic E-state index is 0.622. The van der Waals surface area contributed by atoms with Crippen molar-refractivity contribution < 1.29 is 0 Å². The Morgan fingerprint density at radius 3 is 2.55 bits per heavy atom. The molecular weight excluding hydrogens is 156 g/mol. The summed E-state index contributed by atoms with van der Waals surface area (Å²) in [7, 11) is 4.22. The fraction of sp³-hybridized carbons (Fsp3) is 1.00. The van der Waals surface area contributed by atoms with E-state index in [9.17, 15) is 0 Å². The van der Waals surface area contributed by atoms with Gasteiger partial charge in [-0.3, -0.25) is 0 Å². The van der Waals surface area contributed by atoms with Crippen molar-refractivity contribution in [3.8, 4) is 0 Å². The first-order chi connectivity index (χ1) is 5.16. The molecule has 0 radical (unpaired) electrons. The van der Waals surface area contributed by atoms with Gasteiger partial charge in [0, 0.05) is 11.8 Å². The van der Waals surface area contributed by atoms with Gasteiger partial charge in [-0.05, 0) is 32.8 Å². The van der Waals surface area contributed by atoms with Crippen LogP contribution in [-0.2, 0) is 0 Å². The van der Waals surface area contributed by atoms with Crippen LogP contribution in [0.1, 0.15) is 13.3 Å². The SMILES string of the molecule is CC(CN)SCCCN(C)C. The molecule has 0 spiro atoms. The number of hydrogen-bond donors (Lipinski definition) is 1. The molecule has 0 amide bonds. The van der Waals surface area contributed by atoms with Crippen molar-refractivity contribution in [1.29, 1.82) is 0 Å². The number of nitrogens with two attached hydrogens (primary N) is 1. The Kier molecular flexibility index (Phi) is 7.12. The van der Waals surface area contributed by atoms with Gasteiger partial charge in [0.2, 0.25) is 0 Å². The molecule has 0 heterocycles. The first-order valence-electron chi connectivity index (χ1n) is 4.13. The average molecular weight is 176 g/mol. The maximum Gasteiger partial charge on any atom is 0.0141 e. The van der Waals surface area contributed by atoms with Crippen molar-refractivity contribution in [2.45, 2.75) is 18.6 Å². The third kappa shape index (κ3) is 8.17. The molecule has 0 aliphatic rings. The van der Waals surface area contributed by atoms with E-state index in [0.717, 1.165) is 6.54 Å². The third-order valence-corrected chi connectivity index (χ3v) is 2.77. The van der Waals surface area contributed by atoms with Crippen molar-refractivity contribution >= 4 is 11.8 Å². The van der Waals surface area contributed by atoms with Gasteiger partial charge in [-0.2, -0.15) is 11.8 Å². The molecule has 0 aromatic rings. The van der Waals surface area contributed by atoms with E-state index in [2.05, 4.69) is 25.9 Å². The lowest BCUT2D eigenvalue weighted by atomic mass is 10.5. The zero-order valence-corrected chi connectivity index (χ0v) is 8.66. The summed E-state index contributed by atoms with van der Waals surface area (Å²) in [6.07, 6.45) is 1.27. The molecule has 0 saturated carbocycles. The Labute approximate surface area is 74.5 Å². The lowest BCUT2D eigenvalue weighted by Crippen LogP contribution is -2.16. The van der Waals surface area contributed by atoms with Gasteiger partial charge >= 0.3 is 0 Å². The van der Waals surface area contributed by atoms with Crippen LogP contribution in [0.25, 0.3) is 0 Å². The molecule has 0 aliphatic carbocycles. The van der Waals surface area contributed by atoms with Crippen LogP contribution in [0.3, 0.4) is 0 Å². The van der Waals surface area contributed by atoms with E-state index in [-0.39, 0.29) is 0 Å². The van der Waals surface area contributed by atoms with E-state index in [1.54, 1.807) is 0 Å². The van der Waals surface area contributed by atoms with Gasteiger partial charge in [0.25, 0.3) is 0 Å². The fourth-order valence-corrected chi connectivity index (χ4v) is 1.57. The smallest absolute Gasteiger partial charge is 0.0141 e. The molecule has 1 atom stereocenters. The first kappa shape index (κ1) is 11.3. The van der Waals surface area contributed by atoms with Gasteiger partial charge < -0.3 is 10.6 Å². The summed E-state index contributed by atoms with van der Waals surface area (Å²) >= 11 is 1.97. The van der Waals surface area contributed by atoms with E-state index in [1.165, 1.54) is 18.7 Å². The lowest BCUT2D eigenvalue weighted by molar-refractivity contribution is 0.410. The zero-order chi connectivity index (χ0) is 8.69. The Bertz CT molecular complexity index is 86.2. The molecule has 1 unspecified atom stereocenters. The molecule has 0 aromatic heterocycles.